The fourth-order valence-corrected chi connectivity index (χ4v) is 2.80. The third-order valence-corrected chi connectivity index (χ3v) is 4.06. The Morgan fingerprint density at radius 2 is 2.50 bits per heavy atom. The Morgan fingerprint density at radius 1 is 1.60 bits per heavy atom. The lowest BCUT2D eigenvalue weighted by Gasteiger charge is -2.19. The molecule has 1 aliphatic carbocycles. The highest BCUT2D eigenvalue weighted by Gasteiger charge is 2.60. The first kappa shape index (κ1) is 13.0. The standard InChI is InChI=1S/C16H19N3O/c1-2-8-18-15(20)19-11-13-10-16(13,12-19)7-6-14-5-3-4-9-17-14/h3-5,9,13H,2,8,10-12H2,1H3,(H,18,20). The lowest BCUT2D eigenvalue weighted by Crippen LogP contribution is -2.40. The van der Waals surface area contributed by atoms with E-state index in [4.69, 9.17) is 0 Å². The zero-order valence-corrected chi connectivity index (χ0v) is 11.7. The molecule has 2 fully saturated rings. The number of pyridine rings is 1. The predicted molar refractivity (Wildman–Crippen MR) is 76.9 cm³/mol. The van der Waals surface area contributed by atoms with Crippen molar-refractivity contribution in [3.63, 3.8) is 0 Å². The van der Waals surface area contributed by atoms with E-state index in [-0.39, 0.29) is 11.4 Å². The number of hydrogen-bond donors (Lipinski definition) is 1. The van der Waals surface area contributed by atoms with E-state index in [1.165, 1.54) is 0 Å². The average molecular weight is 269 g/mol. The normalized spacial score (nSPS) is 26.4. The Kier molecular flexibility index (Phi) is 3.35. The zero-order chi connectivity index (χ0) is 14.0. The van der Waals surface area contributed by atoms with Gasteiger partial charge in [0.1, 0.15) is 5.69 Å². The van der Waals surface area contributed by atoms with Crippen molar-refractivity contribution in [1.29, 1.82) is 0 Å². The van der Waals surface area contributed by atoms with Gasteiger partial charge in [-0.15, -0.1) is 0 Å². The molecule has 0 radical (unpaired) electrons. The van der Waals surface area contributed by atoms with Crippen LogP contribution in [-0.4, -0.2) is 35.5 Å². The van der Waals surface area contributed by atoms with Gasteiger partial charge in [-0.2, -0.15) is 0 Å². The number of carbonyl (C=O) groups is 1. The lowest BCUT2D eigenvalue weighted by molar-refractivity contribution is 0.202. The van der Waals surface area contributed by atoms with Crippen molar-refractivity contribution in [3.05, 3.63) is 30.1 Å². The van der Waals surface area contributed by atoms with E-state index < -0.39 is 0 Å². The molecule has 20 heavy (non-hydrogen) atoms. The van der Waals surface area contributed by atoms with Gasteiger partial charge in [0.05, 0.1) is 5.41 Å². The van der Waals surface area contributed by atoms with E-state index in [2.05, 4.69) is 29.1 Å². The number of nitrogens with zero attached hydrogens (tertiary/aromatic N) is 2. The van der Waals surface area contributed by atoms with E-state index in [9.17, 15) is 4.79 Å². The molecular formula is C16H19N3O. The van der Waals surface area contributed by atoms with E-state index in [0.717, 1.165) is 38.2 Å². The third-order valence-electron chi connectivity index (χ3n) is 4.06. The summed E-state index contributed by atoms with van der Waals surface area (Å²) in [5.41, 5.74) is 0.836. The monoisotopic (exact) mass is 269 g/mol. The molecule has 4 nitrogen and oxygen atoms in total. The van der Waals surface area contributed by atoms with Gasteiger partial charge in [-0.1, -0.05) is 18.9 Å². The lowest BCUT2D eigenvalue weighted by atomic mass is 10.1. The van der Waals surface area contributed by atoms with Crippen molar-refractivity contribution >= 4 is 6.03 Å². The van der Waals surface area contributed by atoms with Crippen molar-refractivity contribution in [3.8, 4) is 11.8 Å². The molecular weight excluding hydrogens is 250 g/mol. The number of urea groups is 1. The molecule has 1 saturated carbocycles. The highest BCUT2D eigenvalue weighted by Crippen LogP contribution is 2.57. The smallest absolute Gasteiger partial charge is 0.317 e. The van der Waals surface area contributed by atoms with E-state index >= 15 is 0 Å². The second-order valence-electron chi connectivity index (χ2n) is 5.63. The molecule has 4 heteroatoms. The summed E-state index contributed by atoms with van der Waals surface area (Å²) >= 11 is 0. The van der Waals surface area contributed by atoms with Gasteiger partial charge in [0.15, 0.2) is 0 Å². The number of amides is 2. The van der Waals surface area contributed by atoms with Gasteiger partial charge in [-0.25, -0.2) is 9.78 Å². The highest BCUT2D eigenvalue weighted by atomic mass is 16.2. The van der Waals surface area contributed by atoms with Crippen LogP contribution in [0.4, 0.5) is 4.79 Å². The molecule has 0 aromatic carbocycles. The Morgan fingerprint density at radius 3 is 3.25 bits per heavy atom. The van der Waals surface area contributed by atoms with Crippen LogP contribution in [0.2, 0.25) is 0 Å². The maximum atomic E-state index is 11.9. The van der Waals surface area contributed by atoms with Crippen LogP contribution in [0.3, 0.4) is 0 Å². The van der Waals surface area contributed by atoms with Gasteiger partial charge < -0.3 is 10.2 Å². The van der Waals surface area contributed by atoms with E-state index in [1.54, 1.807) is 6.20 Å². The van der Waals surface area contributed by atoms with Crippen molar-refractivity contribution in [2.45, 2.75) is 19.8 Å². The summed E-state index contributed by atoms with van der Waals surface area (Å²) in [6, 6.07) is 5.80. The van der Waals surface area contributed by atoms with Crippen molar-refractivity contribution in [2.75, 3.05) is 19.6 Å². The van der Waals surface area contributed by atoms with Crippen molar-refractivity contribution < 1.29 is 4.79 Å². The quantitative estimate of drug-likeness (QED) is 0.833. The van der Waals surface area contributed by atoms with E-state index in [1.807, 2.05) is 23.1 Å². The van der Waals surface area contributed by atoms with Gasteiger partial charge in [0, 0.05) is 25.8 Å². The van der Waals surface area contributed by atoms with Crippen LogP contribution >= 0.6 is 0 Å². The van der Waals surface area contributed by atoms with Gasteiger partial charge in [0.25, 0.3) is 0 Å². The molecule has 3 rings (SSSR count). The number of aromatic nitrogens is 1. The predicted octanol–water partition coefficient (Wildman–Crippen LogP) is 1.87. The summed E-state index contributed by atoms with van der Waals surface area (Å²) < 4.78 is 0. The van der Waals surface area contributed by atoms with Gasteiger partial charge in [-0.05, 0) is 36.8 Å². The molecule has 2 aliphatic rings. The summed E-state index contributed by atoms with van der Waals surface area (Å²) in [6.07, 6.45) is 3.84. The van der Waals surface area contributed by atoms with Crippen molar-refractivity contribution in [2.24, 2.45) is 11.3 Å². The number of rotatable bonds is 2. The second-order valence-corrected chi connectivity index (χ2v) is 5.63. The first-order valence-corrected chi connectivity index (χ1v) is 7.20. The summed E-state index contributed by atoms with van der Waals surface area (Å²) in [4.78, 5) is 18.1. The number of likely N-dealkylation sites (tertiary alicyclic amines) is 1. The molecule has 1 aliphatic heterocycles. The fourth-order valence-electron chi connectivity index (χ4n) is 2.80. The summed E-state index contributed by atoms with van der Waals surface area (Å²) in [5, 5.41) is 2.93. The molecule has 1 aromatic rings. The molecule has 2 atom stereocenters. The molecule has 1 saturated heterocycles. The third kappa shape index (κ3) is 2.49. The maximum Gasteiger partial charge on any atom is 0.317 e. The van der Waals surface area contributed by atoms with Crippen LogP contribution in [0, 0.1) is 23.2 Å². The summed E-state index contributed by atoms with van der Waals surface area (Å²) in [6.45, 7) is 4.40. The largest absolute Gasteiger partial charge is 0.338 e. The Balaban J connectivity index is 1.63. The maximum absolute atomic E-state index is 11.9. The molecule has 2 amide bonds. The van der Waals surface area contributed by atoms with Crippen LogP contribution in [-0.2, 0) is 0 Å². The van der Waals surface area contributed by atoms with Crippen LogP contribution in [0.1, 0.15) is 25.5 Å². The summed E-state index contributed by atoms with van der Waals surface area (Å²) in [7, 11) is 0. The number of nitrogens with one attached hydrogen (secondary N) is 1. The average Bonchev–Trinajstić information content (AvgIpc) is 3.05. The number of fused-ring (bicyclic) bond motifs is 1. The van der Waals surface area contributed by atoms with Gasteiger partial charge in [-0.3, -0.25) is 0 Å². The SMILES string of the molecule is CCCNC(=O)N1CC2CC2(C#Cc2ccccn2)C1. The van der Waals surface area contributed by atoms with Crippen LogP contribution in [0.15, 0.2) is 24.4 Å². The fraction of sp³-hybridized carbons (Fsp3) is 0.500. The topological polar surface area (TPSA) is 45.2 Å². The Bertz CT molecular complexity index is 560. The molecule has 2 heterocycles. The van der Waals surface area contributed by atoms with Crippen LogP contribution in [0.25, 0.3) is 0 Å². The van der Waals surface area contributed by atoms with Crippen LogP contribution < -0.4 is 5.32 Å². The minimum absolute atomic E-state index is 0.0288. The molecule has 104 valence electrons. The summed E-state index contributed by atoms with van der Waals surface area (Å²) in [5.74, 6) is 7.05. The highest BCUT2D eigenvalue weighted by molar-refractivity contribution is 5.75. The molecule has 0 spiro atoms. The van der Waals surface area contributed by atoms with Crippen molar-refractivity contribution in [1.82, 2.24) is 15.2 Å². The number of piperidine rings is 1. The number of hydrogen-bond acceptors (Lipinski definition) is 2. The molecule has 2 unspecified atom stereocenters. The van der Waals surface area contributed by atoms with Crippen LogP contribution in [0.5, 0.6) is 0 Å². The Hall–Kier alpha value is -2.02. The molecule has 1 aromatic heterocycles. The van der Waals surface area contributed by atoms with Gasteiger partial charge in [0.2, 0.25) is 0 Å². The molecule has 0 bridgehead atoms. The minimum atomic E-state index is 0.0288. The molecule has 1 N–H and O–H groups in total. The van der Waals surface area contributed by atoms with E-state index in [0.29, 0.717) is 5.92 Å². The first-order valence-electron chi connectivity index (χ1n) is 7.20. The second kappa shape index (κ2) is 5.16. The van der Waals surface area contributed by atoms with Gasteiger partial charge >= 0.3 is 6.03 Å². The zero-order valence-electron chi connectivity index (χ0n) is 11.7. The first-order chi connectivity index (χ1) is 9.73. The number of carbonyl (C=O) groups excluding carboxylic acids is 1. The minimum Gasteiger partial charge on any atom is -0.338 e. The Labute approximate surface area is 119 Å².